The van der Waals surface area contributed by atoms with E-state index in [1.807, 2.05) is 25.5 Å². The highest BCUT2D eigenvalue weighted by atomic mass is 16.5. The van der Waals surface area contributed by atoms with Crippen molar-refractivity contribution in [3.63, 3.8) is 0 Å². The van der Waals surface area contributed by atoms with Crippen LogP contribution in [-0.2, 0) is 17.7 Å². The van der Waals surface area contributed by atoms with Gasteiger partial charge in [-0.2, -0.15) is 5.10 Å². The molecule has 0 bridgehead atoms. The number of ether oxygens (including phenoxy) is 1. The Morgan fingerprint density at radius 2 is 2.24 bits per heavy atom. The van der Waals surface area contributed by atoms with Gasteiger partial charge in [-0.15, -0.1) is 0 Å². The van der Waals surface area contributed by atoms with Crippen molar-refractivity contribution in [3.8, 4) is 0 Å². The molecule has 0 fully saturated rings. The molecule has 0 radical (unpaired) electrons. The maximum atomic E-state index is 5.59. The average molecular weight is 240 g/mol. The summed E-state index contributed by atoms with van der Waals surface area (Å²) in [5.41, 5.74) is 5.07. The highest BCUT2D eigenvalue weighted by Crippen LogP contribution is 2.10. The molecule has 0 saturated heterocycles. The average Bonchev–Trinajstić information content (AvgIpc) is 2.66. The van der Waals surface area contributed by atoms with Crippen LogP contribution in [0.25, 0.3) is 0 Å². The van der Waals surface area contributed by atoms with Gasteiger partial charge >= 0.3 is 0 Å². The molecule has 1 rings (SSSR count). The summed E-state index contributed by atoms with van der Waals surface area (Å²) in [6.45, 7) is 9.70. The summed E-state index contributed by atoms with van der Waals surface area (Å²) in [6.07, 6.45) is 0.914. The minimum Gasteiger partial charge on any atom is -0.377 e. The van der Waals surface area contributed by atoms with Gasteiger partial charge in [0.05, 0.1) is 17.8 Å². The molecule has 0 saturated carbocycles. The summed E-state index contributed by atoms with van der Waals surface area (Å²) >= 11 is 0. The van der Waals surface area contributed by atoms with Gasteiger partial charge in [0.25, 0.3) is 0 Å². The normalized spacial score (nSPS) is 14.9. The van der Waals surface area contributed by atoms with Crippen LogP contribution in [0.5, 0.6) is 0 Å². The highest BCUT2D eigenvalue weighted by molar-refractivity contribution is 5.10. The van der Waals surface area contributed by atoms with E-state index >= 15 is 0 Å². The smallest absolute Gasteiger partial charge is 0.0717 e. The number of nitrogens with one attached hydrogen (secondary N) is 1. The van der Waals surface area contributed by atoms with Gasteiger partial charge in [0.15, 0.2) is 0 Å². The monoisotopic (exact) mass is 240 g/mol. The first-order valence-electron chi connectivity index (χ1n) is 6.23. The summed E-state index contributed by atoms with van der Waals surface area (Å²) in [5.74, 6) is 5.59. The van der Waals surface area contributed by atoms with E-state index in [2.05, 4.69) is 23.5 Å². The van der Waals surface area contributed by atoms with Crippen molar-refractivity contribution in [1.29, 1.82) is 0 Å². The molecule has 3 N–H and O–H groups in total. The van der Waals surface area contributed by atoms with Crippen LogP contribution in [0.3, 0.4) is 0 Å². The van der Waals surface area contributed by atoms with Crippen molar-refractivity contribution >= 4 is 0 Å². The number of nitrogens with zero attached hydrogens (tertiary/aromatic N) is 2. The van der Waals surface area contributed by atoms with Crippen molar-refractivity contribution in [1.82, 2.24) is 15.2 Å². The molecule has 0 aliphatic rings. The van der Waals surface area contributed by atoms with E-state index in [0.29, 0.717) is 6.61 Å². The molecule has 0 aliphatic heterocycles. The first-order valence-corrected chi connectivity index (χ1v) is 6.23. The largest absolute Gasteiger partial charge is 0.377 e. The summed E-state index contributed by atoms with van der Waals surface area (Å²) < 4.78 is 7.59. The molecule has 5 heteroatoms. The van der Waals surface area contributed by atoms with Crippen LogP contribution < -0.4 is 11.3 Å². The van der Waals surface area contributed by atoms with Crippen molar-refractivity contribution in [3.05, 3.63) is 17.5 Å². The molecule has 1 aromatic heterocycles. The maximum Gasteiger partial charge on any atom is 0.0717 e. The summed E-state index contributed by atoms with van der Waals surface area (Å²) in [4.78, 5) is 0. The Morgan fingerprint density at radius 1 is 1.53 bits per heavy atom. The molecule has 0 amide bonds. The van der Waals surface area contributed by atoms with Gasteiger partial charge in [-0.1, -0.05) is 0 Å². The first-order chi connectivity index (χ1) is 8.12. The predicted octanol–water partition coefficient (Wildman–Crippen LogP) is 1.01. The van der Waals surface area contributed by atoms with Gasteiger partial charge in [-0.05, 0) is 33.8 Å². The highest BCUT2D eigenvalue weighted by Gasteiger charge is 2.18. The van der Waals surface area contributed by atoms with Crippen molar-refractivity contribution < 1.29 is 4.74 Å². The number of hydrogen-bond acceptors (Lipinski definition) is 4. The van der Waals surface area contributed by atoms with Crippen LogP contribution in [0.4, 0.5) is 0 Å². The van der Waals surface area contributed by atoms with E-state index in [0.717, 1.165) is 18.7 Å². The minimum absolute atomic E-state index is 0.0884. The number of hydrogen-bond donors (Lipinski definition) is 2. The lowest BCUT2D eigenvalue weighted by molar-refractivity contribution is 0.0471. The fourth-order valence-corrected chi connectivity index (χ4v) is 2.00. The molecule has 17 heavy (non-hydrogen) atoms. The molecule has 1 aromatic rings. The maximum absolute atomic E-state index is 5.59. The third kappa shape index (κ3) is 3.80. The van der Waals surface area contributed by atoms with Gasteiger partial charge in [0.1, 0.15) is 0 Å². The number of rotatable bonds is 7. The SMILES string of the molecule is CCOC(C)C(Cc1cc(C)nn1CC)NN. The van der Waals surface area contributed by atoms with E-state index in [1.165, 1.54) is 5.69 Å². The Morgan fingerprint density at radius 3 is 2.76 bits per heavy atom. The molecule has 2 unspecified atom stereocenters. The summed E-state index contributed by atoms with van der Waals surface area (Å²) in [7, 11) is 0. The Balaban J connectivity index is 2.72. The van der Waals surface area contributed by atoms with Crippen LogP contribution >= 0.6 is 0 Å². The van der Waals surface area contributed by atoms with E-state index in [9.17, 15) is 0 Å². The van der Waals surface area contributed by atoms with Gasteiger partial charge in [-0.3, -0.25) is 16.0 Å². The molecular formula is C12H24N4O. The number of hydrazine groups is 1. The van der Waals surface area contributed by atoms with Crippen LogP contribution in [0, 0.1) is 6.92 Å². The van der Waals surface area contributed by atoms with E-state index < -0.39 is 0 Å². The van der Waals surface area contributed by atoms with Crippen molar-refractivity contribution in [2.75, 3.05) is 6.61 Å². The number of aryl methyl sites for hydroxylation is 2. The Kier molecular flexibility index (Phi) is 5.61. The third-order valence-electron chi connectivity index (χ3n) is 2.92. The fourth-order valence-electron chi connectivity index (χ4n) is 2.00. The van der Waals surface area contributed by atoms with Crippen LogP contribution in [0.15, 0.2) is 6.07 Å². The topological polar surface area (TPSA) is 65.1 Å². The summed E-state index contributed by atoms with van der Waals surface area (Å²) in [6, 6.07) is 2.21. The fraction of sp³-hybridized carbons (Fsp3) is 0.750. The minimum atomic E-state index is 0.0884. The molecule has 0 aromatic carbocycles. The predicted molar refractivity (Wildman–Crippen MR) is 68.5 cm³/mol. The summed E-state index contributed by atoms with van der Waals surface area (Å²) in [5, 5.41) is 4.43. The number of aromatic nitrogens is 2. The zero-order chi connectivity index (χ0) is 12.8. The lowest BCUT2D eigenvalue weighted by Gasteiger charge is -2.23. The van der Waals surface area contributed by atoms with E-state index in [1.54, 1.807) is 0 Å². The van der Waals surface area contributed by atoms with Crippen LogP contribution in [0.2, 0.25) is 0 Å². The van der Waals surface area contributed by atoms with E-state index in [-0.39, 0.29) is 12.1 Å². The molecule has 98 valence electrons. The van der Waals surface area contributed by atoms with Crippen molar-refractivity contribution in [2.45, 2.75) is 52.8 Å². The second kappa shape index (κ2) is 6.74. The lowest BCUT2D eigenvalue weighted by Crippen LogP contribution is -2.45. The third-order valence-corrected chi connectivity index (χ3v) is 2.92. The Bertz CT molecular complexity index is 337. The molecular weight excluding hydrogens is 216 g/mol. The van der Waals surface area contributed by atoms with Gasteiger partial charge in [-0.25, -0.2) is 0 Å². The molecule has 0 aliphatic carbocycles. The van der Waals surface area contributed by atoms with E-state index in [4.69, 9.17) is 10.6 Å². The first kappa shape index (κ1) is 14.2. The lowest BCUT2D eigenvalue weighted by atomic mass is 10.1. The van der Waals surface area contributed by atoms with Gasteiger partial charge in [0.2, 0.25) is 0 Å². The molecule has 1 heterocycles. The van der Waals surface area contributed by atoms with Crippen LogP contribution in [0.1, 0.15) is 32.2 Å². The number of nitrogens with two attached hydrogens (primary N) is 1. The second-order valence-electron chi connectivity index (χ2n) is 4.23. The van der Waals surface area contributed by atoms with Gasteiger partial charge in [0, 0.05) is 25.3 Å². The molecule has 0 spiro atoms. The standard InChI is InChI=1S/C12H24N4O/c1-5-16-11(7-9(3)15-16)8-12(14-13)10(4)17-6-2/h7,10,12,14H,5-6,8,13H2,1-4H3. The quantitative estimate of drug-likeness (QED) is 0.551. The Hall–Kier alpha value is -0.910. The Labute approximate surface area is 103 Å². The van der Waals surface area contributed by atoms with Crippen LogP contribution in [-0.4, -0.2) is 28.5 Å². The zero-order valence-electron chi connectivity index (χ0n) is 11.2. The second-order valence-corrected chi connectivity index (χ2v) is 4.23. The molecule has 2 atom stereocenters. The molecule has 5 nitrogen and oxygen atoms in total. The van der Waals surface area contributed by atoms with Crippen molar-refractivity contribution in [2.24, 2.45) is 5.84 Å². The zero-order valence-corrected chi connectivity index (χ0v) is 11.2. The van der Waals surface area contributed by atoms with Gasteiger partial charge < -0.3 is 4.74 Å².